The Morgan fingerprint density at radius 1 is 0.526 bits per heavy atom. The van der Waals surface area contributed by atoms with Crippen LogP contribution in [0.1, 0.15) is 104 Å². The Morgan fingerprint density at radius 2 is 0.895 bits per heavy atom. The first-order valence-electron chi connectivity index (χ1n) is 9.04. The van der Waals surface area contributed by atoms with Gasteiger partial charge in [0.1, 0.15) is 0 Å². The predicted octanol–water partition coefficient (Wildman–Crippen LogP) is 6.26. The van der Waals surface area contributed by atoms with Gasteiger partial charge in [0.2, 0.25) is 0 Å². The zero-order chi connectivity index (χ0) is 13.8. The molecule has 1 heteroatoms. The Morgan fingerprint density at radius 3 is 1.37 bits per heavy atom. The summed E-state index contributed by atoms with van der Waals surface area (Å²) in [6, 6.07) is 0. The second-order valence-corrected chi connectivity index (χ2v) is 6.33. The Balaban J connectivity index is 1.74. The van der Waals surface area contributed by atoms with Crippen molar-refractivity contribution in [3.05, 3.63) is 0 Å². The smallest absolute Gasteiger partial charge is 0.0841 e. The zero-order valence-corrected chi connectivity index (χ0v) is 13.5. The maximum atomic E-state index is 5.76. The van der Waals surface area contributed by atoms with Crippen LogP contribution in [0.15, 0.2) is 0 Å². The highest BCUT2D eigenvalue weighted by molar-refractivity contribution is 4.84. The summed E-state index contributed by atoms with van der Waals surface area (Å²) >= 11 is 0. The Kier molecular flexibility index (Phi) is 10.5. The third kappa shape index (κ3) is 9.49. The fourth-order valence-electron chi connectivity index (χ4n) is 2.94. The molecule has 1 aliphatic rings. The van der Waals surface area contributed by atoms with E-state index in [2.05, 4.69) is 13.8 Å². The molecule has 1 aliphatic heterocycles. The van der Waals surface area contributed by atoms with Gasteiger partial charge in [0, 0.05) is 0 Å². The molecule has 1 saturated heterocycles. The van der Waals surface area contributed by atoms with Crippen molar-refractivity contribution >= 4 is 0 Å². The van der Waals surface area contributed by atoms with E-state index in [0.717, 1.165) is 0 Å². The molecule has 0 aromatic carbocycles. The highest BCUT2D eigenvalue weighted by Crippen LogP contribution is 2.31. The lowest BCUT2D eigenvalue weighted by atomic mass is 10.0. The van der Waals surface area contributed by atoms with Crippen LogP contribution in [0.4, 0.5) is 0 Å². The van der Waals surface area contributed by atoms with E-state index in [0.29, 0.717) is 12.2 Å². The zero-order valence-electron chi connectivity index (χ0n) is 13.5. The molecule has 0 aromatic heterocycles. The molecular formula is C18H36O. The Labute approximate surface area is 121 Å². The number of ether oxygens (including phenoxy) is 1. The number of hydrogen-bond acceptors (Lipinski definition) is 1. The van der Waals surface area contributed by atoms with Crippen molar-refractivity contribution in [2.75, 3.05) is 0 Å². The van der Waals surface area contributed by atoms with Gasteiger partial charge in [-0.05, 0) is 12.8 Å². The van der Waals surface area contributed by atoms with Crippen LogP contribution in [0, 0.1) is 0 Å². The molecule has 1 rings (SSSR count). The second kappa shape index (κ2) is 11.8. The molecule has 19 heavy (non-hydrogen) atoms. The van der Waals surface area contributed by atoms with E-state index < -0.39 is 0 Å². The van der Waals surface area contributed by atoms with Crippen molar-refractivity contribution in [2.45, 2.75) is 116 Å². The Bertz CT molecular complexity index is 190. The summed E-state index contributed by atoms with van der Waals surface area (Å²) in [7, 11) is 0. The fraction of sp³-hybridized carbons (Fsp3) is 1.00. The number of epoxide rings is 1. The van der Waals surface area contributed by atoms with Crippen molar-refractivity contribution in [1.29, 1.82) is 0 Å². The van der Waals surface area contributed by atoms with Gasteiger partial charge in [0.05, 0.1) is 12.2 Å². The lowest BCUT2D eigenvalue weighted by Crippen LogP contribution is -1.94. The lowest BCUT2D eigenvalue weighted by molar-refractivity contribution is 0.348. The fourth-order valence-corrected chi connectivity index (χ4v) is 2.94. The highest BCUT2D eigenvalue weighted by atomic mass is 16.6. The Hall–Kier alpha value is -0.0400. The van der Waals surface area contributed by atoms with E-state index in [4.69, 9.17) is 4.74 Å². The molecular weight excluding hydrogens is 232 g/mol. The van der Waals surface area contributed by atoms with Crippen molar-refractivity contribution < 1.29 is 4.74 Å². The summed E-state index contributed by atoms with van der Waals surface area (Å²) < 4.78 is 5.76. The van der Waals surface area contributed by atoms with Crippen molar-refractivity contribution in [1.82, 2.24) is 0 Å². The number of hydrogen-bond donors (Lipinski definition) is 0. The van der Waals surface area contributed by atoms with Gasteiger partial charge in [-0.1, -0.05) is 90.9 Å². The summed E-state index contributed by atoms with van der Waals surface area (Å²) in [5, 5.41) is 0. The molecule has 114 valence electrons. The predicted molar refractivity (Wildman–Crippen MR) is 84.6 cm³/mol. The number of unbranched alkanes of at least 4 members (excludes halogenated alkanes) is 10. The normalized spacial score (nSPS) is 21.8. The van der Waals surface area contributed by atoms with Gasteiger partial charge in [0.25, 0.3) is 0 Å². The maximum absolute atomic E-state index is 5.76. The van der Waals surface area contributed by atoms with Crippen molar-refractivity contribution in [3.8, 4) is 0 Å². The summed E-state index contributed by atoms with van der Waals surface area (Å²) in [5.74, 6) is 0. The van der Waals surface area contributed by atoms with Crippen molar-refractivity contribution in [2.24, 2.45) is 0 Å². The average Bonchev–Trinajstić information content (AvgIpc) is 3.16. The average molecular weight is 268 g/mol. The quantitative estimate of drug-likeness (QED) is 0.268. The van der Waals surface area contributed by atoms with Crippen molar-refractivity contribution in [3.63, 3.8) is 0 Å². The first-order valence-corrected chi connectivity index (χ1v) is 9.04. The van der Waals surface area contributed by atoms with Crippen LogP contribution in [-0.2, 0) is 4.74 Å². The summed E-state index contributed by atoms with van der Waals surface area (Å²) in [6.45, 7) is 4.56. The van der Waals surface area contributed by atoms with Gasteiger partial charge in [0.15, 0.2) is 0 Å². The minimum Gasteiger partial charge on any atom is -0.370 e. The van der Waals surface area contributed by atoms with E-state index in [9.17, 15) is 0 Å². The van der Waals surface area contributed by atoms with Gasteiger partial charge < -0.3 is 4.74 Å². The van der Waals surface area contributed by atoms with Crippen LogP contribution in [0.25, 0.3) is 0 Å². The second-order valence-electron chi connectivity index (χ2n) is 6.33. The lowest BCUT2D eigenvalue weighted by Gasteiger charge is -2.00. The topological polar surface area (TPSA) is 12.5 Å². The van der Waals surface area contributed by atoms with Crippen LogP contribution in [-0.4, -0.2) is 12.2 Å². The van der Waals surface area contributed by atoms with Gasteiger partial charge in [-0.3, -0.25) is 0 Å². The first-order chi connectivity index (χ1) is 9.38. The van der Waals surface area contributed by atoms with Gasteiger partial charge >= 0.3 is 0 Å². The summed E-state index contributed by atoms with van der Waals surface area (Å²) in [5.41, 5.74) is 0. The van der Waals surface area contributed by atoms with Gasteiger partial charge in [-0.2, -0.15) is 0 Å². The third-order valence-electron chi connectivity index (χ3n) is 4.37. The molecule has 0 saturated carbocycles. The van der Waals surface area contributed by atoms with Crippen LogP contribution in [0.5, 0.6) is 0 Å². The molecule has 0 aliphatic carbocycles. The maximum Gasteiger partial charge on any atom is 0.0841 e. The van der Waals surface area contributed by atoms with E-state index in [1.807, 2.05) is 0 Å². The third-order valence-corrected chi connectivity index (χ3v) is 4.37. The monoisotopic (exact) mass is 268 g/mol. The molecule has 0 amide bonds. The van der Waals surface area contributed by atoms with E-state index in [1.54, 1.807) is 0 Å². The van der Waals surface area contributed by atoms with Gasteiger partial charge in [-0.25, -0.2) is 0 Å². The molecule has 0 N–H and O–H groups in total. The largest absolute Gasteiger partial charge is 0.370 e. The standard InChI is InChI=1S/C18H36O/c1-3-5-7-9-10-11-12-14-16-18-17(19-18)15-13-8-6-4-2/h17-18H,3-16H2,1-2H3/t17-,18-/m0/s1. The SMILES string of the molecule is CCCCCCCCCC[C@@H]1O[C@H]1CCCCCC. The molecule has 1 heterocycles. The van der Waals surface area contributed by atoms with Gasteiger partial charge in [-0.15, -0.1) is 0 Å². The summed E-state index contributed by atoms with van der Waals surface area (Å²) in [4.78, 5) is 0. The number of rotatable bonds is 14. The van der Waals surface area contributed by atoms with Crippen LogP contribution < -0.4 is 0 Å². The first kappa shape index (κ1) is 17.0. The highest BCUT2D eigenvalue weighted by Gasteiger charge is 2.36. The minimum absolute atomic E-state index is 0.640. The molecule has 0 aromatic rings. The molecule has 0 unspecified atom stereocenters. The molecule has 2 atom stereocenters. The molecule has 1 nitrogen and oxygen atoms in total. The van der Waals surface area contributed by atoms with E-state index >= 15 is 0 Å². The van der Waals surface area contributed by atoms with E-state index in [1.165, 1.54) is 89.9 Å². The summed E-state index contributed by atoms with van der Waals surface area (Å²) in [6.07, 6.45) is 20.8. The van der Waals surface area contributed by atoms with E-state index in [-0.39, 0.29) is 0 Å². The molecule has 0 spiro atoms. The molecule has 0 radical (unpaired) electrons. The minimum atomic E-state index is 0.640. The van der Waals surface area contributed by atoms with Crippen LogP contribution in [0.2, 0.25) is 0 Å². The molecule has 1 fully saturated rings. The molecule has 0 bridgehead atoms. The van der Waals surface area contributed by atoms with Crippen LogP contribution in [0.3, 0.4) is 0 Å². The van der Waals surface area contributed by atoms with Crippen LogP contribution >= 0.6 is 0 Å².